The van der Waals surface area contributed by atoms with Crippen LogP contribution in [0.15, 0.2) is 0 Å². The van der Waals surface area contributed by atoms with Crippen molar-refractivity contribution in [3.8, 4) is 0 Å². The number of ether oxygens (including phenoxy) is 2. The molecule has 0 aromatic rings. The van der Waals surface area contributed by atoms with Crippen LogP contribution in [0.4, 0.5) is 0 Å². The van der Waals surface area contributed by atoms with Gasteiger partial charge in [-0.05, 0) is 38.4 Å². The molecule has 0 aromatic heterocycles. The Hall–Kier alpha value is 0.0569. The van der Waals surface area contributed by atoms with E-state index in [1.54, 1.807) is 0 Å². The minimum atomic E-state index is -1.84. The summed E-state index contributed by atoms with van der Waals surface area (Å²) in [5.74, 6) is -0.728. The first-order valence-electron chi connectivity index (χ1n) is 7.97. The fraction of sp³-hybridized carbons (Fsp3) is 1.00. The molecule has 0 spiro atoms. The predicted octanol–water partition coefficient (Wildman–Crippen LogP) is 2.91. The second-order valence-electron chi connectivity index (χ2n) is 8.05. The topological polar surface area (TPSA) is 47.9 Å². The van der Waals surface area contributed by atoms with Gasteiger partial charge in [0.25, 0.3) is 0 Å². The lowest BCUT2D eigenvalue weighted by molar-refractivity contribution is -0.167. The highest BCUT2D eigenvalue weighted by molar-refractivity contribution is 6.74. The van der Waals surface area contributed by atoms with E-state index in [2.05, 4.69) is 33.9 Å². The summed E-state index contributed by atoms with van der Waals surface area (Å²) in [6, 6.07) is 0. The van der Waals surface area contributed by atoms with Gasteiger partial charge in [-0.15, -0.1) is 0 Å². The van der Waals surface area contributed by atoms with Crippen LogP contribution < -0.4 is 0 Å². The summed E-state index contributed by atoms with van der Waals surface area (Å²) in [6.45, 7) is 15.2. The first-order chi connectivity index (χ1) is 9.25. The molecule has 1 saturated heterocycles. The fourth-order valence-corrected chi connectivity index (χ4v) is 3.64. The Balaban J connectivity index is 2.05. The molecule has 0 radical (unpaired) electrons. The van der Waals surface area contributed by atoms with Crippen molar-refractivity contribution >= 4 is 8.32 Å². The van der Waals surface area contributed by atoms with Gasteiger partial charge in [-0.3, -0.25) is 0 Å². The van der Waals surface area contributed by atoms with E-state index in [4.69, 9.17) is 15.3 Å². The molecule has 1 aliphatic carbocycles. The Bertz CT molecular complexity index is 403. The maximum absolute atomic E-state index is 10.3. The summed E-state index contributed by atoms with van der Waals surface area (Å²) in [5.41, 5.74) is 0. The minimum Gasteiger partial charge on any atom is -0.416 e. The Morgan fingerprint density at radius 3 is 2.40 bits per heavy atom. The highest BCUT2D eigenvalue weighted by atomic mass is 28.4. The van der Waals surface area contributed by atoms with Gasteiger partial charge in [-0.1, -0.05) is 20.8 Å². The standard InChI is InChI=1S/C15H30O4Si/c1-14(2,3)20(6,7)17-9-10-8-11(16)13-12(10)18-15(4,5)19-13/h10-13,16H,8-9H2,1-7H3/t10-,11+,12-,13+/m1/s1/i11D. The van der Waals surface area contributed by atoms with Gasteiger partial charge in [-0.2, -0.15) is 0 Å². The van der Waals surface area contributed by atoms with Gasteiger partial charge in [0.15, 0.2) is 14.1 Å². The normalized spacial score (nSPS) is 41.6. The van der Waals surface area contributed by atoms with Gasteiger partial charge >= 0.3 is 0 Å². The smallest absolute Gasteiger partial charge is 0.191 e. The van der Waals surface area contributed by atoms with Gasteiger partial charge in [-0.25, -0.2) is 0 Å². The fourth-order valence-electron chi connectivity index (χ4n) is 2.58. The number of fused-ring (bicyclic) bond motifs is 1. The Kier molecular flexibility index (Phi) is 3.78. The molecule has 118 valence electrons. The highest BCUT2D eigenvalue weighted by Gasteiger charge is 2.54. The van der Waals surface area contributed by atoms with Crippen LogP contribution in [-0.4, -0.2) is 44.1 Å². The lowest BCUT2D eigenvalue weighted by atomic mass is 10.1. The molecule has 2 fully saturated rings. The van der Waals surface area contributed by atoms with Crippen molar-refractivity contribution in [3.05, 3.63) is 0 Å². The molecule has 5 heteroatoms. The third kappa shape index (κ3) is 3.12. The summed E-state index contributed by atoms with van der Waals surface area (Å²) in [7, 11) is -1.84. The Morgan fingerprint density at radius 1 is 1.30 bits per heavy atom. The van der Waals surface area contributed by atoms with Crippen molar-refractivity contribution in [2.45, 2.75) is 83.2 Å². The zero-order valence-corrected chi connectivity index (χ0v) is 14.8. The molecule has 1 heterocycles. The highest BCUT2D eigenvalue weighted by Crippen LogP contribution is 2.43. The monoisotopic (exact) mass is 303 g/mol. The molecule has 1 saturated carbocycles. The molecule has 2 rings (SSSR count). The summed E-state index contributed by atoms with van der Waals surface area (Å²) in [5, 5.41) is 10.4. The van der Waals surface area contributed by atoms with Crippen molar-refractivity contribution < 1.29 is 20.4 Å². The van der Waals surface area contributed by atoms with Gasteiger partial charge in [0.05, 0.1) is 13.6 Å². The average molecular weight is 303 g/mol. The van der Waals surface area contributed by atoms with Crippen LogP contribution in [0, 0.1) is 5.92 Å². The van der Waals surface area contributed by atoms with Crippen molar-refractivity contribution in [3.63, 3.8) is 0 Å². The second kappa shape index (κ2) is 5.06. The maximum atomic E-state index is 10.3. The SMILES string of the molecule is [2H][C@]1(O)C[C@H](CO[Si](C)(C)C(C)(C)C)[C@H]2OC(C)(C)O[C@H]21. The lowest BCUT2D eigenvalue weighted by Crippen LogP contribution is -2.43. The second-order valence-corrected chi connectivity index (χ2v) is 12.9. The zero-order valence-electron chi connectivity index (χ0n) is 14.8. The molecule has 0 bridgehead atoms. The average Bonchev–Trinajstić information content (AvgIpc) is 2.69. The summed E-state index contributed by atoms with van der Waals surface area (Å²) in [6.07, 6.45) is -2.08. The summed E-state index contributed by atoms with van der Waals surface area (Å²) < 4.78 is 26.0. The maximum Gasteiger partial charge on any atom is 0.191 e. The first-order valence-corrected chi connectivity index (χ1v) is 10.4. The number of rotatable bonds is 3. The van der Waals surface area contributed by atoms with Crippen molar-refractivity contribution in [1.82, 2.24) is 0 Å². The third-order valence-corrected chi connectivity index (χ3v) is 9.36. The largest absolute Gasteiger partial charge is 0.416 e. The van der Waals surface area contributed by atoms with Crippen LogP contribution in [0.1, 0.15) is 42.4 Å². The third-order valence-electron chi connectivity index (χ3n) is 4.86. The molecule has 1 N–H and O–H groups in total. The van der Waals surface area contributed by atoms with Crippen molar-refractivity contribution in [2.24, 2.45) is 5.92 Å². The number of aliphatic hydroxyl groups is 1. The quantitative estimate of drug-likeness (QED) is 0.814. The van der Waals surface area contributed by atoms with E-state index >= 15 is 0 Å². The molecular formula is C15H30O4Si. The molecule has 4 atom stereocenters. The first kappa shape index (κ1) is 15.0. The van der Waals surface area contributed by atoms with Gasteiger partial charge < -0.3 is 19.0 Å². The molecule has 4 nitrogen and oxygen atoms in total. The molecule has 0 unspecified atom stereocenters. The van der Waals surface area contributed by atoms with E-state index in [0.717, 1.165) is 0 Å². The lowest BCUT2D eigenvalue weighted by Gasteiger charge is -2.37. The predicted molar refractivity (Wildman–Crippen MR) is 81.1 cm³/mol. The molecule has 1 aliphatic heterocycles. The van der Waals surface area contributed by atoms with Crippen molar-refractivity contribution in [1.29, 1.82) is 0 Å². The van der Waals surface area contributed by atoms with Crippen LogP contribution >= 0.6 is 0 Å². The number of hydrogen-bond acceptors (Lipinski definition) is 4. The summed E-state index contributed by atoms with van der Waals surface area (Å²) >= 11 is 0. The van der Waals surface area contributed by atoms with Crippen LogP contribution in [0.2, 0.25) is 18.1 Å². The Labute approximate surface area is 125 Å². The molecular weight excluding hydrogens is 272 g/mol. The van der Waals surface area contributed by atoms with E-state index < -0.39 is 26.3 Å². The van der Waals surface area contributed by atoms with Gasteiger partial charge in [0, 0.05) is 12.5 Å². The molecule has 2 aliphatic rings. The minimum absolute atomic E-state index is 0.00778. The molecule has 0 amide bonds. The zero-order chi connectivity index (χ0) is 16.3. The Morgan fingerprint density at radius 2 is 1.85 bits per heavy atom. The van der Waals surface area contributed by atoms with Crippen LogP contribution in [-0.2, 0) is 13.9 Å². The van der Waals surface area contributed by atoms with Gasteiger partial charge in [0.1, 0.15) is 6.10 Å². The van der Waals surface area contributed by atoms with Crippen LogP contribution in [0.25, 0.3) is 0 Å². The van der Waals surface area contributed by atoms with E-state index in [9.17, 15) is 5.11 Å². The number of hydrogen-bond donors (Lipinski definition) is 1. The summed E-state index contributed by atoms with van der Waals surface area (Å²) in [4.78, 5) is 0. The van der Waals surface area contributed by atoms with Crippen LogP contribution in [0.3, 0.4) is 0 Å². The van der Waals surface area contributed by atoms with E-state index in [0.29, 0.717) is 13.0 Å². The van der Waals surface area contributed by atoms with E-state index in [1.165, 1.54) is 0 Å². The molecule has 0 aromatic carbocycles. The van der Waals surface area contributed by atoms with Crippen LogP contribution in [0.5, 0.6) is 0 Å². The van der Waals surface area contributed by atoms with E-state index in [1.807, 2.05) is 13.8 Å². The van der Waals surface area contributed by atoms with Crippen molar-refractivity contribution in [2.75, 3.05) is 6.61 Å². The molecule has 20 heavy (non-hydrogen) atoms. The van der Waals surface area contributed by atoms with E-state index in [-0.39, 0.29) is 17.1 Å². The van der Waals surface area contributed by atoms with Gasteiger partial charge in [0.2, 0.25) is 0 Å².